The van der Waals surface area contributed by atoms with E-state index >= 15 is 0 Å². The summed E-state index contributed by atoms with van der Waals surface area (Å²) in [5.74, 6) is 0.213. The Bertz CT molecular complexity index is 290. The van der Waals surface area contributed by atoms with Crippen molar-refractivity contribution < 1.29 is 23.7 Å². The second-order valence-corrected chi connectivity index (χ2v) is 6.69. The molecule has 0 rings (SSSR count). The van der Waals surface area contributed by atoms with Crippen LogP contribution in [-0.2, 0) is 23.7 Å². The summed E-state index contributed by atoms with van der Waals surface area (Å²) in [4.78, 5) is 11.8. The van der Waals surface area contributed by atoms with Gasteiger partial charge >= 0.3 is 0 Å². The first-order valence-electron chi connectivity index (χ1n) is 8.97. The van der Waals surface area contributed by atoms with Crippen LogP contribution in [0.15, 0.2) is 0 Å². The van der Waals surface area contributed by atoms with Crippen molar-refractivity contribution in [2.75, 3.05) is 46.2 Å². The molecule has 0 radical (unpaired) electrons. The number of rotatable bonds is 16. The molecule has 6 heteroatoms. The van der Waals surface area contributed by atoms with Gasteiger partial charge in [0.05, 0.1) is 64.4 Å². The lowest BCUT2D eigenvalue weighted by Crippen LogP contribution is -2.42. The van der Waals surface area contributed by atoms with Gasteiger partial charge in [0, 0.05) is 5.92 Å². The molecule has 0 saturated carbocycles. The fourth-order valence-electron chi connectivity index (χ4n) is 1.75. The highest BCUT2D eigenvalue weighted by atomic mass is 16.5. The number of hydrogen-bond acceptors (Lipinski definition) is 6. The second-order valence-electron chi connectivity index (χ2n) is 6.69. The first kappa shape index (κ1) is 23.5. The van der Waals surface area contributed by atoms with E-state index < -0.39 is 0 Å². The molecule has 0 aromatic heterocycles. The first-order chi connectivity index (χ1) is 11.3. The van der Waals surface area contributed by atoms with Gasteiger partial charge in [-0.2, -0.15) is 0 Å². The Hall–Kier alpha value is -0.530. The molecule has 0 unspecified atom stereocenters. The van der Waals surface area contributed by atoms with Crippen LogP contribution >= 0.6 is 0 Å². The maximum absolute atomic E-state index is 11.8. The third-order valence-corrected chi connectivity index (χ3v) is 3.20. The van der Waals surface area contributed by atoms with E-state index in [1.165, 1.54) is 0 Å². The predicted octanol–water partition coefficient (Wildman–Crippen LogP) is 2.05. The Kier molecular flexibility index (Phi) is 14.5. The Morgan fingerprint density at radius 3 is 1.62 bits per heavy atom. The lowest BCUT2D eigenvalue weighted by atomic mass is 10.1. The van der Waals surface area contributed by atoms with E-state index in [-0.39, 0.29) is 30.0 Å². The number of nitrogens with one attached hydrogen (secondary N) is 1. The summed E-state index contributed by atoms with van der Waals surface area (Å²) in [6, 6.07) is -0.0224. The molecular weight excluding hydrogens is 310 g/mol. The molecule has 0 aromatic rings. The molecule has 0 saturated heterocycles. The van der Waals surface area contributed by atoms with Gasteiger partial charge in [0.2, 0.25) is 0 Å². The van der Waals surface area contributed by atoms with Gasteiger partial charge in [-0.25, -0.2) is 0 Å². The van der Waals surface area contributed by atoms with Crippen molar-refractivity contribution in [3.8, 4) is 0 Å². The van der Waals surface area contributed by atoms with Crippen molar-refractivity contribution >= 4 is 5.78 Å². The zero-order chi connectivity index (χ0) is 18.4. The lowest BCUT2D eigenvalue weighted by Gasteiger charge is -2.20. The molecule has 0 amide bonds. The molecule has 0 aliphatic rings. The minimum atomic E-state index is -0.0224. The minimum absolute atomic E-state index is 0.0224. The molecule has 0 atom stereocenters. The summed E-state index contributed by atoms with van der Waals surface area (Å²) >= 11 is 0. The summed E-state index contributed by atoms with van der Waals surface area (Å²) in [5.41, 5.74) is 0. The smallest absolute Gasteiger partial charge is 0.149 e. The van der Waals surface area contributed by atoms with Gasteiger partial charge in [0.1, 0.15) is 5.78 Å². The van der Waals surface area contributed by atoms with Gasteiger partial charge in [0.15, 0.2) is 0 Å². The van der Waals surface area contributed by atoms with Crippen LogP contribution in [0.25, 0.3) is 0 Å². The van der Waals surface area contributed by atoms with E-state index in [1.54, 1.807) is 0 Å². The monoisotopic (exact) mass is 347 g/mol. The number of hydrogen-bond donors (Lipinski definition) is 1. The van der Waals surface area contributed by atoms with E-state index in [1.807, 2.05) is 41.5 Å². The van der Waals surface area contributed by atoms with Crippen LogP contribution in [0.1, 0.15) is 41.5 Å². The quantitative estimate of drug-likeness (QED) is 0.431. The maximum Gasteiger partial charge on any atom is 0.149 e. The molecule has 0 aliphatic carbocycles. The van der Waals surface area contributed by atoms with E-state index in [9.17, 15) is 4.79 Å². The predicted molar refractivity (Wildman–Crippen MR) is 95.4 cm³/mol. The van der Waals surface area contributed by atoms with Crippen molar-refractivity contribution in [3.05, 3.63) is 0 Å². The molecular formula is C18H37NO5. The molecule has 6 nitrogen and oxygen atoms in total. The van der Waals surface area contributed by atoms with Crippen LogP contribution in [0.4, 0.5) is 0 Å². The lowest BCUT2D eigenvalue weighted by molar-refractivity contribution is -0.121. The van der Waals surface area contributed by atoms with E-state index in [4.69, 9.17) is 18.9 Å². The van der Waals surface area contributed by atoms with Crippen LogP contribution in [0, 0.1) is 5.92 Å². The summed E-state index contributed by atoms with van der Waals surface area (Å²) in [6.45, 7) is 15.3. The number of ether oxygens (including phenoxy) is 4. The van der Waals surface area contributed by atoms with Crippen LogP contribution in [0.2, 0.25) is 0 Å². The van der Waals surface area contributed by atoms with Crippen LogP contribution in [0.5, 0.6) is 0 Å². The summed E-state index contributed by atoms with van der Waals surface area (Å²) < 4.78 is 22.1. The molecule has 24 heavy (non-hydrogen) atoms. The Morgan fingerprint density at radius 1 is 0.792 bits per heavy atom. The minimum Gasteiger partial charge on any atom is -0.377 e. The SMILES string of the molecule is CC(C)OCCOCC(COCCOC(C)C)NCC(=O)C(C)C. The molecule has 0 bridgehead atoms. The molecule has 0 aliphatic heterocycles. The van der Waals surface area contributed by atoms with Crippen molar-refractivity contribution in [2.24, 2.45) is 5.92 Å². The summed E-state index contributed by atoms with van der Waals surface area (Å²) in [6.07, 6.45) is 0.408. The summed E-state index contributed by atoms with van der Waals surface area (Å²) in [7, 11) is 0. The summed E-state index contributed by atoms with van der Waals surface area (Å²) in [5, 5.41) is 3.22. The Balaban J connectivity index is 4.01. The zero-order valence-corrected chi connectivity index (χ0v) is 16.3. The molecule has 0 fully saturated rings. The van der Waals surface area contributed by atoms with Crippen LogP contribution in [-0.4, -0.2) is 70.2 Å². The van der Waals surface area contributed by atoms with E-state index in [2.05, 4.69) is 5.32 Å². The van der Waals surface area contributed by atoms with Gasteiger partial charge in [-0.05, 0) is 27.7 Å². The molecule has 0 aromatic carbocycles. The van der Waals surface area contributed by atoms with Crippen molar-refractivity contribution in [3.63, 3.8) is 0 Å². The molecule has 0 spiro atoms. The third kappa shape index (κ3) is 15.0. The number of carbonyl (C=O) groups is 1. The normalized spacial score (nSPS) is 12.1. The van der Waals surface area contributed by atoms with Crippen molar-refractivity contribution in [2.45, 2.75) is 59.8 Å². The van der Waals surface area contributed by atoms with Crippen LogP contribution < -0.4 is 5.32 Å². The maximum atomic E-state index is 11.8. The Morgan fingerprint density at radius 2 is 1.25 bits per heavy atom. The molecule has 0 heterocycles. The van der Waals surface area contributed by atoms with Gasteiger partial charge in [-0.1, -0.05) is 13.8 Å². The van der Waals surface area contributed by atoms with Crippen LogP contribution in [0.3, 0.4) is 0 Å². The van der Waals surface area contributed by atoms with Gasteiger partial charge in [-0.15, -0.1) is 0 Å². The standard InChI is InChI=1S/C18H37NO5/c1-14(2)18(20)11-19-17(12-21-7-9-23-15(3)4)13-22-8-10-24-16(5)6/h14-17,19H,7-13H2,1-6H3. The molecule has 1 N–H and O–H groups in total. The van der Waals surface area contributed by atoms with Gasteiger partial charge in [0.25, 0.3) is 0 Å². The average Bonchev–Trinajstić information content (AvgIpc) is 2.49. The highest BCUT2D eigenvalue weighted by Crippen LogP contribution is 1.96. The largest absolute Gasteiger partial charge is 0.377 e. The number of Topliss-reactive ketones (excluding diaryl/α,β-unsaturated/α-hetero) is 1. The zero-order valence-electron chi connectivity index (χ0n) is 16.3. The van der Waals surface area contributed by atoms with Gasteiger partial charge in [-0.3, -0.25) is 4.79 Å². The van der Waals surface area contributed by atoms with E-state index in [0.29, 0.717) is 46.2 Å². The average molecular weight is 347 g/mol. The number of carbonyl (C=O) groups excluding carboxylic acids is 1. The second kappa shape index (κ2) is 14.8. The van der Waals surface area contributed by atoms with Crippen molar-refractivity contribution in [1.29, 1.82) is 0 Å². The molecule has 144 valence electrons. The highest BCUT2D eigenvalue weighted by Gasteiger charge is 2.13. The highest BCUT2D eigenvalue weighted by molar-refractivity contribution is 5.82. The topological polar surface area (TPSA) is 66.0 Å². The first-order valence-corrected chi connectivity index (χ1v) is 8.97. The van der Waals surface area contributed by atoms with Crippen molar-refractivity contribution in [1.82, 2.24) is 5.32 Å². The fourth-order valence-corrected chi connectivity index (χ4v) is 1.75. The van der Waals surface area contributed by atoms with Gasteiger partial charge < -0.3 is 24.3 Å². The third-order valence-electron chi connectivity index (χ3n) is 3.20. The Labute approximate surface area is 147 Å². The number of ketones is 1. The van der Waals surface area contributed by atoms with E-state index in [0.717, 1.165) is 0 Å². The fraction of sp³-hybridized carbons (Fsp3) is 0.944.